The molecule has 1 aromatic heterocycles. The van der Waals surface area contributed by atoms with Gasteiger partial charge in [-0.25, -0.2) is 4.98 Å². The highest BCUT2D eigenvalue weighted by atomic mass is 16.3. The van der Waals surface area contributed by atoms with E-state index in [9.17, 15) is 5.11 Å². The Balaban J connectivity index is 1.92. The molecular weight excluding hydrogens is 190 g/mol. The Morgan fingerprint density at radius 3 is 2.93 bits per heavy atom. The highest BCUT2D eigenvalue weighted by Gasteiger charge is 2.28. The Morgan fingerprint density at radius 1 is 1.60 bits per heavy atom. The van der Waals surface area contributed by atoms with Crippen LogP contribution >= 0.6 is 0 Å². The van der Waals surface area contributed by atoms with Crippen LogP contribution in [0.5, 0.6) is 0 Å². The topological polar surface area (TPSA) is 41.3 Å². The zero-order valence-corrected chi connectivity index (χ0v) is 9.43. The van der Waals surface area contributed by atoms with Crippen molar-refractivity contribution in [1.82, 2.24) is 9.55 Å². The third kappa shape index (κ3) is 2.15. The van der Waals surface area contributed by atoms with Crippen LogP contribution in [0.25, 0.3) is 0 Å². The van der Waals surface area contributed by atoms with E-state index in [1.54, 1.807) is 0 Å². The fourth-order valence-electron chi connectivity index (χ4n) is 2.20. The van der Waals surface area contributed by atoms with Crippen LogP contribution in [0.15, 0.2) is 12.4 Å². The van der Waals surface area contributed by atoms with Crippen molar-refractivity contribution in [2.75, 3.05) is 18.5 Å². The molecule has 0 unspecified atom stereocenters. The molecular formula is C11H19N3O. The van der Waals surface area contributed by atoms with Crippen LogP contribution in [-0.4, -0.2) is 34.4 Å². The van der Waals surface area contributed by atoms with Crippen LogP contribution in [0.1, 0.15) is 19.8 Å². The predicted octanol–water partition coefficient (Wildman–Crippen LogP) is 1.11. The molecule has 4 nitrogen and oxygen atoms in total. The molecule has 0 spiro atoms. The van der Waals surface area contributed by atoms with Crippen molar-refractivity contribution in [2.45, 2.75) is 32.4 Å². The van der Waals surface area contributed by atoms with E-state index in [1.807, 2.05) is 12.4 Å². The van der Waals surface area contributed by atoms with E-state index < -0.39 is 0 Å². The Kier molecular flexibility index (Phi) is 2.95. The van der Waals surface area contributed by atoms with E-state index in [0.717, 1.165) is 31.9 Å². The van der Waals surface area contributed by atoms with Crippen LogP contribution in [0, 0.1) is 5.92 Å². The SMILES string of the molecule is CCn1ccnc1N(C)CC1CC(O)C1. The van der Waals surface area contributed by atoms with Crippen LogP contribution in [-0.2, 0) is 6.54 Å². The molecule has 0 amide bonds. The lowest BCUT2D eigenvalue weighted by atomic mass is 9.82. The second-order valence-electron chi connectivity index (χ2n) is 4.39. The molecule has 1 aliphatic rings. The minimum absolute atomic E-state index is 0.0608. The highest BCUT2D eigenvalue weighted by molar-refractivity contribution is 5.29. The van der Waals surface area contributed by atoms with E-state index >= 15 is 0 Å². The summed E-state index contributed by atoms with van der Waals surface area (Å²) < 4.78 is 2.13. The average molecular weight is 209 g/mol. The average Bonchev–Trinajstić information content (AvgIpc) is 2.62. The maximum absolute atomic E-state index is 9.22. The van der Waals surface area contributed by atoms with Gasteiger partial charge in [0, 0.05) is 32.5 Å². The molecule has 0 radical (unpaired) electrons. The van der Waals surface area contributed by atoms with Gasteiger partial charge in [-0.3, -0.25) is 0 Å². The van der Waals surface area contributed by atoms with Crippen LogP contribution in [0.4, 0.5) is 5.95 Å². The second-order valence-corrected chi connectivity index (χ2v) is 4.39. The van der Waals surface area contributed by atoms with Crippen LogP contribution in [0.3, 0.4) is 0 Å². The summed E-state index contributed by atoms with van der Waals surface area (Å²) in [6.07, 6.45) is 5.66. The predicted molar refractivity (Wildman–Crippen MR) is 59.9 cm³/mol. The van der Waals surface area contributed by atoms with Gasteiger partial charge in [0.1, 0.15) is 0 Å². The summed E-state index contributed by atoms with van der Waals surface area (Å²) in [6.45, 7) is 4.06. The zero-order chi connectivity index (χ0) is 10.8. The number of anilines is 1. The van der Waals surface area contributed by atoms with E-state index in [4.69, 9.17) is 0 Å². The van der Waals surface area contributed by atoms with Gasteiger partial charge >= 0.3 is 0 Å². The summed E-state index contributed by atoms with van der Waals surface area (Å²) in [4.78, 5) is 6.52. The van der Waals surface area contributed by atoms with Crippen molar-refractivity contribution < 1.29 is 5.11 Å². The number of nitrogens with zero attached hydrogens (tertiary/aromatic N) is 3. The van der Waals surface area contributed by atoms with E-state index in [-0.39, 0.29) is 6.10 Å². The van der Waals surface area contributed by atoms with Crippen molar-refractivity contribution in [3.63, 3.8) is 0 Å². The number of aliphatic hydroxyl groups is 1. The summed E-state index contributed by atoms with van der Waals surface area (Å²) >= 11 is 0. The van der Waals surface area contributed by atoms with Crippen molar-refractivity contribution in [2.24, 2.45) is 5.92 Å². The number of aromatic nitrogens is 2. The minimum atomic E-state index is -0.0608. The van der Waals surface area contributed by atoms with Crippen LogP contribution < -0.4 is 4.90 Å². The Labute approximate surface area is 90.5 Å². The fraction of sp³-hybridized carbons (Fsp3) is 0.727. The summed E-state index contributed by atoms with van der Waals surface area (Å²) in [5.41, 5.74) is 0. The summed E-state index contributed by atoms with van der Waals surface area (Å²) in [5, 5.41) is 9.22. The van der Waals surface area contributed by atoms with Gasteiger partial charge in [0.05, 0.1) is 6.10 Å². The lowest BCUT2D eigenvalue weighted by Gasteiger charge is -2.34. The van der Waals surface area contributed by atoms with Gasteiger partial charge in [-0.2, -0.15) is 0 Å². The Bertz CT molecular complexity index is 317. The third-order valence-electron chi connectivity index (χ3n) is 3.12. The molecule has 84 valence electrons. The molecule has 1 N–H and O–H groups in total. The van der Waals surface area contributed by atoms with Crippen molar-refractivity contribution in [3.8, 4) is 0 Å². The molecule has 15 heavy (non-hydrogen) atoms. The molecule has 1 heterocycles. The quantitative estimate of drug-likeness (QED) is 0.807. The van der Waals surface area contributed by atoms with E-state index in [0.29, 0.717) is 5.92 Å². The van der Waals surface area contributed by atoms with Crippen molar-refractivity contribution >= 4 is 5.95 Å². The number of hydrogen-bond acceptors (Lipinski definition) is 3. The van der Waals surface area contributed by atoms with Gasteiger partial charge in [0.25, 0.3) is 0 Å². The monoisotopic (exact) mass is 209 g/mol. The first-order valence-electron chi connectivity index (χ1n) is 5.61. The highest BCUT2D eigenvalue weighted by Crippen LogP contribution is 2.28. The zero-order valence-electron chi connectivity index (χ0n) is 9.43. The molecule has 1 aromatic rings. The minimum Gasteiger partial charge on any atom is -0.393 e. The Morgan fingerprint density at radius 2 is 2.33 bits per heavy atom. The molecule has 0 aliphatic heterocycles. The maximum Gasteiger partial charge on any atom is 0.205 e. The molecule has 0 aromatic carbocycles. The number of aryl methyl sites for hydroxylation is 1. The smallest absolute Gasteiger partial charge is 0.205 e. The first-order valence-corrected chi connectivity index (χ1v) is 5.61. The number of hydrogen-bond donors (Lipinski definition) is 1. The van der Waals surface area contributed by atoms with Gasteiger partial charge in [0.2, 0.25) is 5.95 Å². The molecule has 0 atom stereocenters. The second kappa shape index (κ2) is 4.23. The lowest BCUT2D eigenvalue weighted by Crippen LogP contribution is -2.37. The van der Waals surface area contributed by atoms with Gasteiger partial charge in [-0.05, 0) is 25.7 Å². The number of rotatable bonds is 4. The summed E-state index contributed by atoms with van der Waals surface area (Å²) in [6, 6.07) is 0. The summed E-state index contributed by atoms with van der Waals surface area (Å²) in [5.74, 6) is 1.66. The standard InChI is InChI=1S/C11H19N3O/c1-3-14-5-4-12-11(14)13(2)8-9-6-10(15)7-9/h4-5,9-10,15H,3,6-8H2,1-2H3. The molecule has 1 saturated carbocycles. The van der Waals surface area contributed by atoms with E-state index in [1.165, 1.54) is 0 Å². The van der Waals surface area contributed by atoms with Crippen molar-refractivity contribution in [3.05, 3.63) is 12.4 Å². The lowest BCUT2D eigenvalue weighted by molar-refractivity contribution is 0.0463. The first-order chi connectivity index (χ1) is 7.20. The summed E-state index contributed by atoms with van der Waals surface area (Å²) in [7, 11) is 2.07. The van der Waals surface area contributed by atoms with E-state index in [2.05, 4.69) is 28.4 Å². The molecule has 0 bridgehead atoms. The van der Waals surface area contributed by atoms with Crippen molar-refractivity contribution in [1.29, 1.82) is 0 Å². The van der Waals surface area contributed by atoms with Gasteiger partial charge in [-0.1, -0.05) is 0 Å². The molecule has 1 fully saturated rings. The first kappa shape index (κ1) is 10.5. The fourth-order valence-corrected chi connectivity index (χ4v) is 2.20. The van der Waals surface area contributed by atoms with Crippen LogP contribution in [0.2, 0.25) is 0 Å². The molecule has 0 saturated heterocycles. The largest absolute Gasteiger partial charge is 0.393 e. The third-order valence-corrected chi connectivity index (χ3v) is 3.12. The maximum atomic E-state index is 9.22. The number of imidazole rings is 1. The molecule has 4 heteroatoms. The van der Waals surface area contributed by atoms with Gasteiger partial charge < -0.3 is 14.6 Å². The Hall–Kier alpha value is -1.03. The van der Waals surface area contributed by atoms with Gasteiger partial charge in [0.15, 0.2) is 0 Å². The van der Waals surface area contributed by atoms with Gasteiger partial charge in [-0.15, -0.1) is 0 Å². The molecule has 1 aliphatic carbocycles. The molecule has 2 rings (SSSR count). The number of aliphatic hydroxyl groups excluding tert-OH is 1. The normalized spacial score (nSPS) is 25.0.